The highest BCUT2D eigenvalue weighted by Gasteiger charge is 2.16. The number of hydrogen-bond donors (Lipinski definition) is 2. The standard InChI is InChI=1S/C11H20N6/c1-3-12-9-14-10(13-4-2)16-11(15-9)17-7-5-6-8-17/h3-8H2,1-2H3,(H2,12,13,14,15,16). The maximum absolute atomic E-state index is 4.44. The topological polar surface area (TPSA) is 66.0 Å². The monoisotopic (exact) mass is 236 g/mol. The second-order valence-corrected chi connectivity index (χ2v) is 4.04. The summed E-state index contributed by atoms with van der Waals surface area (Å²) < 4.78 is 0. The molecule has 17 heavy (non-hydrogen) atoms. The van der Waals surface area contributed by atoms with Crippen LogP contribution in [0, 0.1) is 0 Å². The van der Waals surface area contributed by atoms with Crippen LogP contribution in [0.2, 0.25) is 0 Å². The molecule has 94 valence electrons. The van der Waals surface area contributed by atoms with Crippen molar-refractivity contribution in [2.24, 2.45) is 0 Å². The van der Waals surface area contributed by atoms with E-state index in [0.717, 1.165) is 32.1 Å². The molecular weight excluding hydrogens is 216 g/mol. The van der Waals surface area contributed by atoms with Gasteiger partial charge in [-0.15, -0.1) is 0 Å². The third-order valence-electron chi connectivity index (χ3n) is 2.68. The first kappa shape index (κ1) is 11.9. The molecule has 1 aliphatic heterocycles. The van der Waals surface area contributed by atoms with Crippen LogP contribution < -0.4 is 15.5 Å². The van der Waals surface area contributed by atoms with Gasteiger partial charge < -0.3 is 15.5 Å². The lowest BCUT2D eigenvalue weighted by Gasteiger charge is -2.16. The molecule has 1 aliphatic rings. The fraction of sp³-hybridized carbons (Fsp3) is 0.727. The van der Waals surface area contributed by atoms with Crippen LogP contribution in [-0.4, -0.2) is 41.1 Å². The van der Waals surface area contributed by atoms with Gasteiger partial charge in [0.15, 0.2) is 0 Å². The zero-order chi connectivity index (χ0) is 12.1. The molecule has 0 spiro atoms. The van der Waals surface area contributed by atoms with Crippen molar-refractivity contribution in [3.05, 3.63) is 0 Å². The van der Waals surface area contributed by atoms with Crippen LogP contribution in [0.25, 0.3) is 0 Å². The molecule has 0 aromatic carbocycles. The third-order valence-corrected chi connectivity index (χ3v) is 2.68. The quantitative estimate of drug-likeness (QED) is 0.804. The van der Waals surface area contributed by atoms with E-state index < -0.39 is 0 Å². The minimum absolute atomic E-state index is 0.653. The molecule has 0 radical (unpaired) electrons. The minimum Gasteiger partial charge on any atom is -0.354 e. The summed E-state index contributed by atoms with van der Waals surface area (Å²) in [5.74, 6) is 2.09. The van der Waals surface area contributed by atoms with Gasteiger partial charge in [-0.3, -0.25) is 0 Å². The maximum atomic E-state index is 4.44. The molecule has 2 rings (SSSR count). The largest absolute Gasteiger partial charge is 0.354 e. The van der Waals surface area contributed by atoms with Crippen molar-refractivity contribution >= 4 is 17.8 Å². The molecule has 0 unspecified atom stereocenters. The van der Waals surface area contributed by atoms with Crippen LogP contribution in [0.3, 0.4) is 0 Å². The van der Waals surface area contributed by atoms with E-state index >= 15 is 0 Å². The van der Waals surface area contributed by atoms with Crippen LogP contribution in [0.5, 0.6) is 0 Å². The van der Waals surface area contributed by atoms with Crippen molar-refractivity contribution in [3.63, 3.8) is 0 Å². The van der Waals surface area contributed by atoms with Crippen molar-refractivity contribution in [2.45, 2.75) is 26.7 Å². The van der Waals surface area contributed by atoms with Crippen molar-refractivity contribution < 1.29 is 0 Å². The van der Waals surface area contributed by atoms with E-state index in [1.165, 1.54) is 12.8 Å². The van der Waals surface area contributed by atoms with Gasteiger partial charge in [-0.05, 0) is 26.7 Å². The summed E-state index contributed by atoms with van der Waals surface area (Å²) in [5.41, 5.74) is 0. The van der Waals surface area contributed by atoms with E-state index in [2.05, 4.69) is 30.5 Å². The van der Waals surface area contributed by atoms with E-state index in [-0.39, 0.29) is 0 Å². The van der Waals surface area contributed by atoms with E-state index in [9.17, 15) is 0 Å². The van der Waals surface area contributed by atoms with Crippen molar-refractivity contribution in [3.8, 4) is 0 Å². The Labute approximate surface area is 102 Å². The molecule has 6 nitrogen and oxygen atoms in total. The molecule has 1 fully saturated rings. The van der Waals surface area contributed by atoms with Crippen molar-refractivity contribution in [2.75, 3.05) is 41.7 Å². The molecule has 0 atom stereocenters. The van der Waals surface area contributed by atoms with Crippen LogP contribution in [0.15, 0.2) is 0 Å². The normalized spacial score (nSPS) is 15.1. The Kier molecular flexibility index (Phi) is 3.95. The summed E-state index contributed by atoms with van der Waals surface area (Å²) in [6, 6.07) is 0. The Hall–Kier alpha value is -1.59. The van der Waals surface area contributed by atoms with Gasteiger partial charge in [0, 0.05) is 26.2 Å². The summed E-state index contributed by atoms with van der Waals surface area (Å²) in [4.78, 5) is 15.4. The van der Waals surface area contributed by atoms with Gasteiger partial charge in [-0.2, -0.15) is 15.0 Å². The first-order valence-electron chi connectivity index (χ1n) is 6.32. The molecule has 2 heterocycles. The predicted octanol–water partition coefficient (Wildman–Crippen LogP) is 1.34. The van der Waals surface area contributed by atoms with E-state index in [1.54, 1.807) is 0 Å². The molecule has 0 saturated carbocycles. The smallest absolute Gasteiger partial charge is 0.231 e. The summed E-state index contributed by atoms with van der Waals surface area (Å²) in [5, 5.41) is 6.28. The number of rotatable bonds is 5. The Morgan fingerprint density at radius 2 is 1.47 bits per heavy atom. The molecule has 1 aromatic rings. The molecule has 0 bridgehead atoms. The highest BCUT2D eigenvalue weighted by molar-refractivity contribution is 5.44. The Morgan fingerprint density at radius 3 is 1.94 bits per heavy atom. The molecule has 2 N–H and O–H groups in total. The van der Waals surface area contributed by atoms with Crippen LogP contribution >= 0.6 is 0 Å². The van der Waals surface area contributed by atoms with Crippen LogP contribution in [0.1, 0.15) is 26.7 Å². The van der Waals surface area contributed by atoms with E-state index in [4.69, 9.17) is 0 Å². The van der Waals surface area contributed by atoms with Gasteiger partial charge >= 0.3 is 0 Å². The average molecular weight is 236 g/mol. The summed E-state index contributed by atoms with van der Waals surface area (Å²) in [6.45, 7) is 7.78. The van der Waals surface area contributed by atoms with Gasteiger partial charge in [-0.25, -0.2) is 0 Å². The SMILES string of the molecule is CCNc1nc(NCC)nc(N2CCCC2)n1. The zero-order valence-corrected chi connectivity index (χ0v) is 10.5. The lowest BCUT2D eigenvalue weighted by atomic mass is 10.4. The molecule has 0 aliphatic carbocycles. The number of nitrogens with zero attached hydrogens (tertiary/aromatic N) is 4. The molecular formula is C11H20N6. The number of nitrogens with one attached hydrogen (secondary N) is 2. The molecule has 1 aromatic heterocycles. The molecule has 1 saturated heterocycles. The number of hydrogen-bond acceptors (Lipinski definition) is 6. The number of anilines is 3. The van der Waals surface area contributed by atoms with E-state index in [0.29, 0.717) is 11.9 Å². The predicted molar refractivity (Wildman–Crippen MR) is 69.6 cm³/mol. The fourth-order valence-corrected chi connectivity index (χ4v) is 1.90. The summed E-state index contributed by atoms with van der Waals surface area (Å²) in [6.07, 6.45) is 2.44. The minimum atomic E-state index is 0.653. The van der Waals surface area contributed by atoms with Crippen molar-refractivity contribution in [1.29, 1.82) is 0 Å². The van der Waals surface area contributed by atoms with Gasteiger partial charge in [0.25, 0.3) is 0 Å². The van der Waals surface area contributed by atoms with Gasteiger partial charge in [0.2, 0.25) is 17.8 Å². The lowest BCUT2D eigenvalue weighted by molar-refractivity contribution is 0.877. The Morgan fingerprint density at radius 1 is 0.941 bits per heavy atom. The molecule has 0 amide bonds. The highest BCUT2D eigenvalue weighted by atomic mass is 15.3. The molecule has 6 heteroatoms. The van der Waals surface area contributed by atoms with E-state index in [1.807, 2.05) is 13.8 Å². The first-order chi connectivity index (χ1) is 8.33. The third kappa shape index (κ3) is 2.95. The maximum Gasteiger partial charge on any atom is 0.231 e. The lowest BCUT2D eigenvalue weighted by Crippen LogP contribution is -2.22. The second kappa shape index (κ2) is 5.65. The van der Waals surface area contributed by atoms with Gasteiger partial charge in [0.05, 0.1) is 0 Å². The first-order valence-corrected chi connectivity index (χ1v) is 6.32. The average Bonchev–Trinajstić information content (AvgIpc) is 2.83. The van der Waals surface area contributed by atoms with Crippen LogP contribution in [0.4, 0.5) is 17.8 Å². The highest BCUT2D eigenvalue weighted by Crippen LogP contribution is 2.18. The zero-order valence-electron chi connectivity index (χ0n) is 10.5. The summed E-state index contributed by atoms with van der Waals surface area (Å²) >= 11 is 0. The summed E-state index contributed by atoms with van der Waals surface area (Å²) in [7, 11) is 0. The number of aromatic nitrogens is 3. The fourth-order valence-electron chi connectivity index (χ4n) is 1.90. The van der Waals surface area contributed by atoms with Crippen LogP contribution in [-0.2, 0) is 0 Å². The van der Waals surface area contributed by atoms with Gasteiger partial charge in [0.1, 0.15) is 0 Å². The second-order valence-electron chi connectivity index (χ2n) is 4.04. The Balaban J connectivity index is 2.22. The Bertz CT molecular complexity index is 337. The van der Waals surface area contributed by atoms with Crippen molar-refractivity contribution in [1.82, 2.24) is 15.0 Å². The van der Waals surface area contributed by atoms with Gasteiger partial charge in [-0.1, -0.05) is 0 Å².